The second kappa shape index (κ2) is 7.72. The van der Waals surface area contributed by atoms with Crippen molar-refractivity contribution < 1.29 is 13.2 Å². The van der Waals surface area contributed by atoms with E-state index in [4.69, 9.17) is 5.73 Å². The molecule has 1 aliphatic rings. The summed E-state index contributed by atoms with van der Waals surface area (Å²) in [5, 5.41) is 2.73. The van der Waals surface area contributed by atoms with Gasteiger partial charge in [-0.25, -0.2) is 13.4 Å². The Kier molecular flexibility index (Phi) is 6.08. The molecule has 0 radical (unpaired) electrons. The van der Waals surface area contributed by atoms with E-state index in [2.05, 4.69) is 15.3 Å². The number of hydrogen-bond acceptors (Lipinski definition) is 5. The summed E-state index contributed by atoms with van der Waals surface area (Å²) in [5.41, 5.74) is 8.12. The second-order valence-corrected chi connectivity index (χ2v) is 8.76. The Morgan fingerprint density at radius 1 is 1.44 bits per heavy atom. The number of aromatic nitrogens is 2. The van der Waals surface area contributed by atoms with Gasteiger partial charge in [0.15, 0.2) is 0 Å². The van der Waals surface area contributed by atoms with Crippen LogP contribution >= 0.6 is 12.4 Å². The second-order valence-electron chi connectivity index (χ2n) is 6.50. The van der Waals surface area contributed by atoms with Crippen LogP contribution in [-0.2, 0) is 14.6 Å². The Labute approximate surface area is 153 Å². The van der Waals surface area contributed by atoms with Crippen molar-refractivity contribution in [3.8, 4) is 0 Å². The van der Waals surface area contributed by atoms with Gasteiger partial charge >= 0.3 is 0 Å². The van der Waals surface area contributed by atoms with Gasteiger partial charge in [0, 0.05) is 17.9 Å². The lowest BCUT2D eigenvalue weighted by Crippen LogP contribution is -2.37. The third-order valence-corrected chi connectivity index (χ3v) is 5.37. The summed E-state index contributed by atoms with van der Waals surface area (Å²) in [7, 11) is -3.13. The van der Waals surface area contributed by atoms with Crippen LogP contribution in [0.15, 0.2) is 18.2 Å². The summed E-state index contributed by atoms with van der Waals surface area (Å²) in [6.07, 6.45) is 4.80. The summed E-state index contributed by atoms with van der Waals surface area (Å²) in [6.45, 7) is 0. The molecule has 3 rings (SSSR count). The maximum Gasteiger partial charge on any atom is 0.241 e. The Bertz CT molecular complexity index is 861. The van der Waals surface area contributed by atoms with Crippen molar-refractivity contribution in [2.45, 2.75) is 37.6 Å². The van der Waals surface area contributed by atoms with E-state index in [0.717, 1.165) is 23.1 Å². The maximum atomic E-state index is 12.1. The molecule has 25 heavy (non-hydrogen) atoms. The highest BCUT2D eigenvalue weighted by atomic mass is 35.5. The molecule has 1 aromatic heterocycles. The number of rotatable bonds is 6. The van der Waals surface area contributed by atoms with E-state index >= 15 is 0 Å². The van der Waals surface area contributed by atoms with Crippen molar-refractivity contribution in [3.63, 3.8) is 0 Å². The number of H-pyrrole nitrogens is 1. The van der Waals surface area contributed by atoms with E-state index in [1.807, 2.05) is 12.1 Å². The smallest absolute Gasteiger partial charge is 0.241 e. The average molecular weight is 387 g/mol. The van der Waals surface area contributed by atoms with Crippen molar-refractivity contribution in [2.24, 2.45) is 5.73 Å². The molecule has 1 aromatic carbocycles. The normalized spacial score (nSPS) is 16.1. The van der Waals surface area contributed by atoms with Gasteiger partial charge in [-0.3, -0.25) is 4.79 Å². The van der Waals surface area contributed by atoms with Crippen molar-refractivity contribution in [2.75, 3.05) is 17.3 Å². The zero-order valence-electron chi connectivity index (χ0n) is 14.0. The minimum absolute atomic E-state index is 0. The fourth-order valence-electron chi connectivity index (χ4n) is 2.69. The van der Waals surface area contributed by atoms with Crippen LogP contribution in [-0.4, -0.2) is 42.3 Å². The number of sulfone groups is 1. The van der Waals surface area contributed by atoms with Crippen molar-refractivity contribution in [1.82, 2.24) is 9.97 Å². The standard InChI is InChI=1S/C16H22N4O3S.ClH/c1-24(22,23)8-7-12(17)16(21)18-11-5-6-13-14(9-11)20-15(19-13)10-3-2-4-10;/h5-6,9-10,12H,2-4,7-8,17H2,1H3,(H,18,21)(H,19,20);1H. The van der Waals surface area contributed by atoms with Crippen LogP contribution in [0.3, 0.4) is 0 Å². The summed E-state index contributed by atoms with van der Waals surface area (Å²) in [6, 6.07) is 4.59. The number of imidazole rings is 1. The SMILES string of the molecule is CS(=O)(=O)CCC(N)C(=O)Nc1ccc2nc(C3CCC3)[nH]c2c1.Cl. The zero-order valence-corrected chi connectivity index (χ0v) is 15.6. The van der Waals surface area contributed by atoms with Gasteiger partial charge in [0.2, 0.25) is 5.91 Å². The number of aromatic amines is 1. The van der Waals surface area contributed by atoms with Gasteiger partial charge in [-0.05, 0) is 37.5 Å². The molecule has 138 valence electrons. The quantitative estimate of drug-likeness (QED) is 0.701. The molecule has 1 heterocycles. The largest absolute Gasteiger partial charge is 0.342 e. The molecule has 1 atom stereocenters. The summed E-state index contributed by atoms with van der Waals surface area (Å²) >= 11 is 0. The van der Waals surface area contributed by atoms with E-state index in [9.17, 15) is 13.2 Å². The van der Waals surface area contributed by atoms with E-state index in [1.165, 1.54) is 19.3 Å². The lowest BCUT2D eigenvalue weighted by Gasteiger charge is -2.22. The number of nitrogens with zero attached hydrogens (tertiary/aromatic N) is 1. The van der Waals surface area contributed by atoms with Crippen molar-refractivity contribution in [1.29, 1.82) is 0 Å². The number of nitrogens with two attached hydrogens (primary N) is 1. The summed E-state index contributed by atoms with van der Waals surface area (Å²) in [5.74, 6) is 1.02. The molecular formula is C16H23ClN4O3S. The molecule has 1 aliphatic carbocycles. The van der Waals surface area contributed by atoms with Crippen LogP contribution in [0, 0.1) is 0 Å². The van der Waals surface area contributed by atoms with Crippen LogP contribution in [0.2, 0.25) is 0 Å². The summed E-state index contributed by atoms with van der Waals surface area (Å²) in [4.78, 5) is 20.0. The van der Waals surface area contributed by atoms with Crippen LogP contribution in [0.5, 0.6) is 0 Å². The van der Waals surface area contributed by atoms with Gasteiger partial charge in [0.25, 0.3) is 0 Å². The van der Waals surface area contributed by atoms with Crippen molar-refractivity contribution >= 4 is 44.9 Å². The molecule has 9 heteroatoms. The number of benzene rings is 1. The first-order valence-electron chi connectivity index (χ1n) is 8.06. The molecule has 4 N–H and O–H groups in total. The monoisotopic (exact) mass is 386 g/mol. The number of carbonyl (C=O) groups excluding carboxylic acids is 1. The first kappa shape index (κ1) is 19.7. The van der Waals surface area contributed by atoms with Crippen molar-refractivity contribution in [3.05, 3.63) is 24.0 Å². The molecule has 1 saturated carbocycles. The number of nitrogens with one attached hydrogen (secondary N) is 2. The molecule has 0 bridgehead atoms. The molecule has 0 spiro atoms. The highest BCUT2D eigenvalue weighted by Gasteiger charge is 2.23. The molecule has 1 unspecified atom stereocenters. The van der Waals surface area contributed by atoms with E-state index in [0.29, 0.717) is 11.6 Å². The Balaban J connectivity index is 0.00000225. The van der Waals surface area contributed by atoms with E-state index in [1.54, 1.807) is 6.07 Å². The van der Waals surface area contributed by atoms with Crippen LogP contribution in [0.1, 0.15) is 37.4 Å². The van der Waals surface area contributed by atoms with Gasteiger partial charge in [-0.2, -0.15) is 0 Å². The molecule has 7 nitrogen and oxygen atoms in total. The third kappa shape index (κ3) is 4.93. The minimum atomic E-state index is -3.13. The molecule has 0 aliphatic heterocycles. The highest BCUT2D eigenvalue weighted by molar-refractivity contribution is 7.90. The molecule has 1 amide bonds. The molecule has 0 saturated heterocycles. The Morgan fingerprint density at radius 2 is 2.16 bits per heavy atom. The third-order valence-electron chi connectivity index (χ3n) is 4.40. The van der Waals surface area contributed by atoms with Gasteiger partial charge in [-0.1, -0.05) is 6.42 Å². The number of amides is 1. The number of hydrogen-bond donors (Lipinski definition) is 3. The van der Waals surface area contributed by atoms with Crippen LogP contribution in [0.25, 0.3) is 11.0 Å². The topological polar surface area (TPSA) is 118 Å². The van der Waals surface area contributed by atoms with E-state index in [-0.39, 0.29) is 24.6 Å². The molecule has 2 aromatic rings. The number of fused-ring (bicyclic) bond motifs is 1. The predicted molar refractivity (Wildman–Crippen MR) is 101 cm³/mol. The zero-order chi connectivity index (χ0) is 17.3. The lowest BCUT2D eigenvalue weighted by atomic mass is 9.85. The highest BCUT2D eigenvalue weighted by Crippen LogP contribution is 2.35. The lowest BCUT2D eigenvalue weighted by molar-refractivity contribution is -0.117. The van der Waals surface area contributed by atoms with Crippen LogP contribution in [0.4, 0.5) is 5.69 Å². The van der Waals surface area contributed by atoms with Crippen LogP contribution < -0.4 is 11.1 Å². The molecular weight excluding hydrogens is 364 g/mol. The van der Waals surface area contributed by atoms with Gasteiger partial charge in [0.05, 0.1) is 22.8 Å². The fraction of sp³-hybridized carbons (Fsp3) is 0.500. The van der Waals surface area contributed by atoms with Gasteiger partial charge in [0.1, 0.15) is 15.7 Å². The number of halogens is 1. The fourth-order valence-corrected chi connectivity index (χ4v) is 3.37. The average Bonchev–Trinajstić information content (AvgIpc) is 2.84. The summed E-state index contributed by atoms with van der Waals surface area (Å²) < 4.78 is 22.3. The first-order valence-corrected chi connectivity index (χ1v) is 10.1. The minimum Gasteiger partial charge on any atom is -0.342 e. The number of carbonyl (C=O) groups is 1. The van der Waals surface area contributed by atoms with Gasteiger partial charge < -0.3 is 16.0 Å². The van der Waals surface area contributed by atoms with E-state index < -0.39 is 21.8 Å². The predicted octanol–water partition coefficient (Wildman–Crippen LogP) is 1.95. The molecule has 1 fully saturated rings. The van der Waals surface area contributed by atoms with Gasteiger partial charge in [-0.15, -0.1) is 12.4 Å². The maximum absolute atomic E-state index is 12.1. The number of anilines is 1. The Morgan fingerprint density at radius 3 is 2.76 bits per heavy atom. The Hall–Kier alpha value is -1.64. The first-order chi connectivity index (χ1) is 11.3.